The Kier molecular flexibility index (Phi) is 26.9. The summed E-state index contributed by atoms with van der Waals surface area (Å²) in [6.07, 6.45) is 19.6. The first-order valence-electron chi connectivity index (χ1n) is 19.6. The number of phosphoric acid groups is 1. The number of allylic oxidation sites excluding steroid dienone is 1. The predicted octanol–water partition coefficient (Wildman–Crippen LogP) is 5.88. The van der Waals surface area contributed by atoms with Gasteiger partial charge in [-0.25, -0.2) is 4.57 Å². The highest BCUT2D eigenvalue weighted by Gasteiger charge is 2.39. The Hall–Kier alpha value is -2.16. The van der Waals surface area contributed by atoms with Crippen molar-refractivity contribution in [2.24, 2.45) is 17.6 Å². The van der Waals surface area contributed by atoms with Gasteiger partial charge in [-0.15, -0.1) is 0 Å². The predicted molar refractivity (Wildman–Crippen MR) is 201 cm³/mol. The fraction of sp³-hybridized carbons (Fsp3) is 0.816. The molecule has 1 fully saturated rings. The number of rotatable bonds is 32. The first-order valence-corrected chi connectivity index (χ1v) is 21.1. The summed E-state index contributed by atoms with van der Waals surface area (Å²) in [5.74, 6) is -3.42. The maximum absolute atomic E-state index is 12.7. The molecule has 1 unspecified atom stereocenters. The van der Waals surface area contributed by atoms with Crippen LogP contribution in [0.15, 0.2) is 24.3 Å². The van der Waals surface area contributed by atoms with Gasteiger partial charge >= 0.3 is 25.7 Å². The number of nitrogens with two attached hydrogens (primary N) is 1. The van der Waals surface area contributed by atoms with Crippen molar-refractivity contribution in [2.45, 2.75) is 166 Å². The van der Waals surface area contributed by atoms with Crippen molar-refractivity contribution in [1.29, 1.82) is 0 Å². The number of phosphoric ester groups is 1. The Bertz CT molecular complexity index is 1120. The molecule has 0 saturated heterocycles. The number of esters is 2. The van der Waals surface area contributed by atoms with Crippen LogP contribution in [0.3, 0.4) is 0 Å². The smallest absolute Gasteiger partial charge is 0.472 e. The van der Waals surface area contributed by atoms with Crippen molar-refractivity contribution >= 4 is 25.7 Å². The van der Waals surface area contributed by atoms with E-state index in [1.807, 2.05) is 0 Å². The van der Waals surface area contributed by atoms with Gasteiger partial charge in [-0.3, -0.25) is 23.4 Å². The molecule has 53 heavy (non-hydrogen) atoms. The van der Waals surface area contributed by atoms with Gasteiger partial charge in [-0.1, -0.05) is 122 Å². The van der Waals surface area contributed by atoms with Gasteiger partial charge in [-0.05, 0) is 25.2 Å². The number of aliphatic hydroxyl groups excluding tert-OH is 3. The third-order valence-electron chi connectivity index (χ3n) is 9.31. The van der Waals surface area contributed by atoms with E-state index < -0.39 is 76.0 Å². The van der Waals surface area contributed by atoms with E-state index >= 15 is 0 Å². The number of carbonyl (C=O) groups is 3. The van der Waals surface area contributed by atoms with Crippen molar-refractivity contribution in [1.82, 2.24) is 0 Å². The largest absolute Gasteiger partial charge is 0.480 e. The molecule has 0 aromatic carbocycles. The minimum atomic E-state index is -4.80. The molecule has 8 atom stereocenters. The number of ether oxygens (including phenoxy) is 2. The van der Waals surface area contributed by atoms with Gasteiger partial charge in [0.05, 0.1) is 37.9 Å². The quantitative estimate of drug-likeness (QED) is 0.0203. The van der Waals surface area contributed by atoms with Crippen LogP contribution in [-0.4, -0.2) is 93.5 Å². The summed E-state index contributed by atoms with van der Waals surface area (Å²) in [5, 5.41) is 40.2. The van der Waals surface area contributed by atoms with Crippen molar-refractivity contribution in [3.8, 4) is 0 Å². The molecule has 0 amide bonds. The van der Waals surface area contributed by atoms with Crippen LogP contribution in [0.2, 0.25) is 0 Å². The summed E-state index contributed by atoms with van der Waals surface area (Å²) >= 11 is 0. The molecule has 0 radical (unpaired) electrons. The van der Waals surface area contributed by atoms with Gasteiger partial charge in [0.1, 0.15) is 12.6 Å². The second-order valence-electron chi connectivity index (χ2n) is 14.1. The van der Waals surface area contributed by atoms with Gasteiger partial charge in [0.2, 0.25) is 0 Å². The first kappa shape index (κ1) is 48.9. The second-order valence-corrected chi connectivity index (χ2v) is 15.5. The average molecular weight is 778 g/mol. The number of hydrogen-bond acceptors (Lipinski definition) is 12. The molecule has 0 aliphatic heterocycles. The topological polar surface area (TPSA) is 232 Å². The maximum atomic E-state index is 12.7. The van der Waals surface area contributed by atoms with Gasteiger partial charge in [0.25, 0.3) is 0 Å². The Balaban J connectivity index is 2.64. The summed E-state index contributed by atoms with van der Waals surface area (Å²) in [6, 6.07) is -1.57. The lowest BCUT2D eigenvalue weighted by atomic mass is 9.89. The van der Waals surface area contributed by atoms with E-state index in [0.717, 1.165) is 38.5 Å². The molecule has 0 heterocycles. The molecule has 1 rings (SSSR count). The number of hydrogen-bond donors (Lipinski definition) is 6. The van der Waals surface area contributed by atoms with Crippen molar-refractivity contribution < 1.29 is 62.8 Å². The number of aliphatic carboxylic acids is 1. The Morgan fingerprint density at radius 2 is 1.40 bits per heavy atom. The fourth-order valence-electron chi connectivity index (χ4n) is 6.10. The van der Waals surface area contributed by atoms with Crippen LogP contribution >= 0.6 is 7.82 Å². The summed E-state index contributed by atoms with van der Waals surface area (Å²) < 4.78 is 32.5. The lowest BCUT2D eigenvalue weighted by Gasteiger charge is -2.20. The molecule has 7 N–H and O–H groups in total. The summed E-state index contributed by atoms with van der Waals surface area (Å²) in [5.41, 5.74) is 5.31. The van der Waals surface area contributed by atoms with Crippen molar-refractivity contribution in [2.75, 3.05) is 19.8 Å². The maximum Gasteiger partial charge on any atom is 0.472 e. The summed E-state index contributed by atoms with van der Waals surface area (Å²) in [4.78, 5) is 46.0. The minimum Gasteiger partial charge on any atom is -0.480 e. The number of unbranched alkanes of at least 4 members (excludes halogenated alkanes) is 12. The molecule has 0 spiro atoms. The molecule has 0 aromatic rings. The zero-order valence-electron chi connectivity index (χ0n) is 31.9. The van der Waals surface area contributed by atoms with Crippen LogP contribution in [0.1, 0.15) is 136 Å². The van der Waals surface area contributed by atoms with Gasteiger partial charge in [0, 0.05) is 18.8 Å². The zero-order valence-corrected chi connectivity index (χ0v) is 32.8. The molecule has 15 heteroatoms. The van der Waals surface area contributed by atoms with Gasteiger partial charge in [-0.2, -0.15) is 0 Å². The Labute approximate surface area is 316 Å². The number of carbonyl (C=O) groups excluding carboxylic acids is 2. The van der Waals surface area contributed by atoms with Crippen LogP contribution in [-0.2, 0) is 37.5 Å². The van der Waals surface area contributed by atoms with E-state index in [0.29, 0.717) is 19.3 Å². The average Bonchev–Trinajstić information content (AvgIpc) is 3.38. The molecular formula is C38H68NO13P. The van der Waals surface area contributed by atoms with E-state index in [1.54, 1.807) is 18.2 Å². The van der Waals surface area contributed by atoms with Crippen molar-refractivity contribution in [3.05, 3.63) is 24.3 Å². The molecule has 0 aromatic heterocycles. The van der Waals surface area contributed by atoms with Crippen LogP contribution in [0.5, 0.6) is 0 Å². The third kappa shape index (κ3) is 24.1. The van der Waals surface area contributed by atoms with Gasteiger partial charge < -0.3 is 40.5 Å². The fourth-order valence-corrected chi connectivity index (χ4v) is 6.88. The second kappa shape index (κ2) is 29.2. The number of aliphatic hydroxyl groups is 3. The lowest BCUT2D eigenvalue weighted by molar-refractivity contribution is -0.160. The van der Waals surface area contributed by atoms with E-state index in [-0.39, 0.29) is 31.1 Å². The molecule has 1 saturated carbocycles. The molecule has 1 aliphatic carbocycles. The number of carboxylic acid groups (broad SMARTS) is 1. The lowest BCUT2D eigenvalue weighted by Crippen LogP contribution is -2.34. The van der Waals surface area contributed by atoms with Crippen LogP contribution in [0.4, 0.5) is 0 Å². The van der Waals surface area contributed by atoms with Crippen LogP contribution in [0, 0.1) is 11.8 Å². The minimum absolute atomic E-state index is 0.158. The van der Waals surface area contributed by atoms with E-state index in [4.69, 9.17) is 24.8 Å². The molecular weight excluding hydrogens is 709 g/mol. The van der Waals surface area contributed by atoms with Gasteiger partial charge in [0.15, 0.2) is 6.10 Å². The first-order chi connectivity index (χ1) is 25.3. The van der Waals surface area contributed by atoms with Crippen LogP contribution < -0.4 is 5.73 Å². The SMILES string of the molecule is CCCCCCCCCCCCCC(=O)OC[C@H](COP(=O)(O)OC[C@H](N)C(=O)O)OC(=O)C/C=C\C[C@H]1[C@@H](/C=C/[C@H](O)CCCCC)[C@H](O)C[C@@H]1O. The highest BCUT2D eigenvalue weighted by Crippen LogP contribution is 2.43. The number of carboxylic acids is 1. The normalized spacial score (nSPS) is 21.8. The van der Waals surface area contributed by atoms with Crippen molar-refractivity contribution in [3.63, 3.8) is 0 Å². The van der Waals surface area contributed by atoms with E-state index in [9.17, 15) is 39.2 Å². The Morgan fingerprint density at radius 3 is 2.02 bits per heavy atom. The van der Waals surface area contributed by atoms with E-state index in [2.05, 4.69) is 18.4 Å². The van der Waals surface area contributed by atoms with Crippen LogP contribution in [0.25, 0.3) is 0 Å². The summed E-state index contributed by atoms with van der Waals surface area (Å²) in [7, 11) is -4.80. The molecule has 14 nitrogen and oxygen atoms in total. The molecule has 0 bridgehead atoms. The van der Waals surface area contributed by atoms with E-state index in [1.165, 1.54) is 51.0 Å². The third-order valence-corrected chi connectivity index (χ3v) is 10.3. The zero-order chi connectivity index (χ0) is 39.5. The standard InChI is InChI=1S/C38H68NO13P/c1-3-5-7-8-9-10-11-12-13-14-16-21-36(43)49-26-30(27-50-53(47,48)51-28-33(39)38(45)46)52-37(44)22-18-17-20-31-32(35(42)25-34(31)41)24-23-29(40)19-15-6-4-2/h17-18,23-24,29-35,40-42H,3-16,19-22,25-28,39H2,1-2H3,(H,45,46)(H,47,48)/b18-17-,24-23+/t29-,30-,31+,32-,33+,34+,35-/m1/s1. The highest BCUT2D eigenvalue weighted by molar-refractivity contribution is 7.47. The monoisotopic (exact) mass is 777 g/mol. The Morgan fingerprint density at radius 1 is 0.811 bits per heavy atom. The molecule has 1 aliphatic rings. The highest BCUT2D eigenvalue weighted by atomic mass is 31.2. The summed E-state index contributed by atoms with van der Waals surface area (Å²) in [6.45, 7) is 2.33. The molecule has 308 valence electrons.